The summed E-state index contributed by atoms with van der Waals surface area (Å²) in [7, 11) is -3.55. The molecule has 0 bridgehead atoms. The molecule has 3 amide bonds. The van der Waals surface area contributed by atoms with E-state index in [0.29, 0.717) is 42.2 Å². The van der Waals surface area contributed by atoms with Gasteiger partial charge in [-0.25, -0.2) is 18.4 Å². The number of sulfone groups is 1. The second-order valence-electron chi connectivity index (χ2n) is 17.7. The van der Waals surface area contributed by atoms with E-state index >= 15 is 0 Å². The lowest BCUT2D eigenvalue weighted by molar-refractivity contribution is -0.136. The maximum absolute atomic E-state index is 13.2. The number of halogens is 1. The third-order valence-electron chi connectivity index (χ3n) is 13.3. The molecule has 0 radical (unpaired) electrons. The van der Waals surface area contributed by atoms with Crippen molar-refractivity contribution in [1.29, 1.82) is 0 Å². The van der Waals surface area contributed by atoms with Gasteiger partial charge in [0.05, 0.1) is 27.6 Å². The lowest BCUT2D eigenvalue weighted by atomic mass is 9.83. The van der Waals surface area contributed by atoms with E-state index in [4.69, 9.17) is 11.6 Å². The molecule has 17 heteroatoms. The van der Waals surface area contributed by atoms with Crippen molar-refractivity contribution < 1.29 is 27.9 Å². The molecule has 3 fully saturated rings. The number of benzene rings is 3. The number of rotatable bonds is 12. The number of pyridine rings is 1. The summed E-state index contributed by atoms with van der Waals surface area (Å²) < 4.78 is 26.0. The Labute approximate surface area is 383 Å². The van der Waals surface area contributed by atoms with Crippen LogP contribution in [-0.4, -0.2) is 93.5 Å². The van der Waals surface area contributed by atoms with Gasteiger partial charge in [0.15, 0.2) is 15.7 Å². The van der Waals surface area contributed by atoms with Crippen LogP contribution in [-0.2, 0) is 38.1 Å². The van der Waals surface area contributed by atoms with Crippen molar-refractivity contribution in [2.24, 2.45) is 0 Å². The maximum Gasteiger partial charge on any atom is 0.255 e. The summed E-state index contributed by atoms with van der Waals surface area (Å²) in [4.78, 5) is 57.3. The first-order chi connectivity index (χ1) is 31.2. The van der Waals surface area contributed by atoms with E-state index < -0.39 is 32.6 Å². The number of aromatic nitrogens is 3. The Hall–Kier alpha value is -5.94. The van der Waals surface area contributed by atoms with Crippen molar-refractivity contribution in [2.75, 3.05) is 41.7 Å². The van der Waals surface area contributed by atoms with Crippen LogP contribution in [0.4, 0.5) is 29.0 Å². The van der Waals surface area contributed by atoms with Gasteiger partial charge >= 0.3 is 0 Å². The normalized spacial score (nSPS) is 19.3. The molecule has 1 unspecified atom stereocenters. The number of para-hydroxylation sites is 1. The summed E-state index contributed by atoms with van der Waals surface area (Å²) in [6.07, 6.45) is 7.00. The minimum absolute atomic E-state index is 0.169. The summed E-state index contributed by atoms with van der Waals surface area (Å²) >= 11 is 6.43. The van der Waals surface area contributed by atoms with Gasteiger partial charge in [0.25, 0.3) is 5.91 Å². The number of imide groups is 1. The quantitative estimate of drug-likeness (QED) is 0.0955. The SMILES string of the molecule is CC(C)S(=O)(=O)c1ccccc1Nc1nc(Nc2ccc(C3CCN(c4ccc(CN5CCC(O)(c6ccc7c(c6)CN(C6CCC(=O)NC6=O)C7=O)CC5)cc4)CC3)cn2)ncc1Cl. The summed E-state index contributed by atoms with van der Waals surface area (Å²) in [5.74, 6) is 0.521. The molecule has 9 rings (SSSR count). The number of likely N-dealkylation sites (tertiary alicyclic amines) is 1. The summed E-state index contributed by atoms with van der Waals surface area (Å²) in [5, 5.41) is 20.0. The lowest BCUT2D eigenvalue weighted by Crippen LogP contribution is -2.52. The van der Waals surface area contributed by atoms with Crippen LogP contribution in [0.1, 0.15) is 90.9 Å². The van der Waals surface area contributed by atoms with E-state index in [2.05, 4.69) is 71.0 Å². The molecule has 3 saturated heterocycles. The Morgan fingerprint density at radius 2 is 1.65 bits per heavy atom. The number of amides is 3. The standard InChI is InChI=1S/C48H52ClN9O6S/c1-30(2)65(63,64)41-6-4-3-5-39(41)52-44-38(49)27-51-47(55-44)53-42-15-9-33(26-50-42)32-17-21-57(22-18-32)36-11-7-31(8-12-36)28-56-23-19-48(62,20-24-56)35-10-13-37-34(25-35)29-58(46(37)61)40-14-16-43(59)54-45(40)60/h3-13,15,25-27,30,32,40,62H,14,16-24,28-29H2,1-2H3,(H,54,59,60)(H2,50,51,52,53,55). The molecule has 65 heavy (non-hydrogen) atoms. The molecule has 0 aliphatic carbocycles. The Kier molecular flexibility index (Phi) is 12.4. The van der Waals surface area contributed by atoms with Crippen LogP contribution in [0.3, 0.4) is 0 Å². The fourth-order valence-corrected chi connectivity index (χ4v) is 10.7. The third kappa shape index (κ3) is 9.30. The molecule has 4 N–H and O–H groups in total. The Bertz CT molecular complexity index is 2720. The zero-order valence-corrected chi connectivity index (χ0v) is 37.9. The average molecular weight is 919 g/mol. The van der Waals surface area contributed by atoms with Gasteiger partial charge in [-0.15, -0.1) is 0 Å². The molecule has 6 heterocycles. The van der Waals surface area contributed by atoms with E-state index in [1.807, 2.05) is 24.4 Å². The Morgan fingerprint density at radius 1 is 0.892 bits per heavy atom. The number of hydrogen-bond donors (Lipinski definition) is 4. The molecule has 3 aromatic carbocycles. The minimum atomic E-state index is -3.55. The molecule has 5 aromatic rings. The molecule has 2 aromatic heterocycles. The van der Waals surface area contributed by atoms with Crippen LogP contribution in [0.5, 0.6) is 0 Å². The van der Waals surface area contributed by atoms with Crippen molar-refractivity contribution in [3.63, 3.8) is 0 Å². The van der Waals surface area contributed by atoms with Crippen LogP contribution < -0.4 is 20.9 Å². The highest BCUT2D eigenvalue weighted by Gasteiger charge is 2.41. The fraction of sp³-hybridized carbons (Fsp3) is 0.375. The number of carbonyl (C=O) groups is 3. The Balaban J connectivity index is 0.742. The number of aliphatic hydroxyl groups is 1. The van der Waals surface area contributed by atoms with E-state index in [-0.39, 0.29) is 46.5 Å². The molecule has 15 nitrogen and oxygen atoms in total. The number of fused-ring (bicyclic) bond motifs is 1. The van der Waals surface area contributed by atoms with Crippen LogP contribution in [0, 0.1) is 0 Å². The van der Waals surface area contributed by atoms with Gasteiger partial charge in [0.2, 0.25) is 17.8 Å². The van der Waals surface area contributed by atoms with Crippen molar-refractivity contribution in [2.45, 2.75) is 93.2 Å². The summed E-state index contributed by atoms with van der Waals surface area (Å²) in [5.41, 5.74) is 5.11. The fourth-order valence-electron chi connectivity index (χ4n) is 9.32. The Morgan fingerprint density at radius 3 is 2.35 bits per heavy atom. The van der Waals surface area contributed by atoms with E-state index in [0.717, 1.165) is 56.7 Å². The van der Waals surface area contributed by atoms with Gasteiger partial charge < -0.3 is 25.5 Å². The highest BCUT2D eigenvalue weighted by atomic mass is 35.5. The second-order valence-corrected chi connectivity index (χ2v) is 20.6. The maximum atomic E-state index is 13.2. The van der Waals surface area contributed by atoms with Crippen molar-refractivity contribution >= 4 is 68.1 Å². The molecule has 0 spiro atoms. The van der Waals surface area contributed by atoms with Crippen LogP contribution in [0.25, 0.3) is 0 Å². The predicted octanol–water partition coefficient (Wildman–Crippen LogP) is 6.82. The van der Waals surface area contributed by atoms with Gasteiger partial charge in [-0.05, 0) is 111 Å². The molecular formula is C48H52ClN9O6S. The first-order valence-corrected chi connectivity index (χ1v) is 24.1. The zero-order chi connectivity index (χ0) is 45.5. The van der Waals surface area contributed by atoms with Gasteiger partial charge in [0, 0.05) is 63.1 Å². The van der Waals surface area contributed by atoms with Crippen molar-refractivity contribution in [3.05, 3.63) is 124 Å². The summed E-state index contributed by atoms with van der Waals surface area (Å²) in [6, 6.07) is 24.3. The number of nitrogens with zero attached hydrogens (tertiary/aromatic N) is 6. The monoisotopic (exact) mass is 917 g/mol. The molecular weight excluding hydrogens is 866 g/mol. The number of hydrogen-bond acceptors (Lipinski definition) is 13. The number of carbonyl (C=O) groups excluding carboxylic acids is 3. The average Bonchev–Trinajstić information content (AvgIpc) is 3.63. The summed E-state index contributed by atoms with van der Waals surface area (Å²) in [6.45, 7) is 7.67. The minimum Gasteiger partial charge on any atom is -0.385 e. The van der Waals surface area contributed by atoms with Crippen LogP contribution in [0.15, 0.2) is 96.2 Å². The molecule has 0 saturated carbocycles. The third-order valence-corrected chi connectivity index (χ3v) is 15.7. The molecule has 4 aliphatic rings. The number of piperidine rings is 3. The lowest BCUT2D eigenvalue weighted by Gasteiger charge is -2.39. The van der Waals surface area contributed by atoms with E-state index in [9.17, 15) is 27.9 Å². The van der Waals surface area contributed by atoms with Crippen molar-refractivity contribution in [3.8, 4) is 0 Å². The van der Waals surface area contributed by atoms with Gasteiger partial charge in [0.1, 0.15) is 16.9 Å². The van der Waals surface area contributed by atoms with Gasteiger partial charge in [-0.1, -0.05) is 54.1 Å². The smallest absolute Gasteiger partial charge is 0.255 e. The predicted molar refractivity (Wildman–Crippen MR) is 248 cm³/mol. The zero-order valence-electron chi connectivity index (χ0n) is 36.3. The number of anilines is 5. The molecule has 1 atom stereocenters. The molecule has 338 valence electrons. The molecule has 4 aliphatic heterocycles. The topological polar surface area (TPSA) is 190 Å². The van der Waals surface area contributed by atoms with Crippen LogP contribution in [0.2, 0.25) is 5.02 Å². The highest BCUT2D eigenvalue weighted by molar-refractivity contribution is 7.92. The number of nitrogens with one attached hydrogen (secondary N) is 3. The highest BCUT2D eigenvalue weighted by Crippen LogP contribution is 2.38. The van der Waals surface area contributed by atoms with Gasteiger partial charge in [-0.3, -0.25) is 24.6 Å². The van der Waals surface area contributed by atoms with Crippen molar-refractivity contribution in [1.82, 2.24) is 30.1 Å². The van der Waals surface area contributed by atoms with E-state index in [1.54, 1.807) is 49.1 Å². The van der Waals surface area contributed by atoms with Gasteiger partial charge in [-0.2, -0.15) is 4.98 Å². The largest absolute Gasteiger partial charge is 0.385 e. The van der Waals surface area contributed by atoms with E-state index in [1.165, 1.54) is 23.0 Å². The first-order valence-electron chi connectivity index (χ1n) is 22.2. The van der Waals surface area contributed by atoms with Crippen LogP contribution >= 0.6 is 11.6 Å². The second kappa shape index (κ2) is 18.1. The first kappa shape index (κ1) is 44.3.